The lowest BCUT2D eigenvalue weighted by Crippen LogP contribution is -2.34. The van der Waals surface area contributed by atoms with Crippen LogP contribution in [-0.2, 0) is 0 Å². The van der Waals surface area contributed by atoms with E-state index in [0.717, 1.165) is 22.2 Å². The van der Waals surface area contributed by atoms with E-state index >= 15 is 0 Å². The van der Waals surface area contributed by atoms with Gasteiger partial charge in [-0.15, -0.1) is 0 Å². The van der Waals surface area contributed by atoms with Gasteiger partial charge in [0.1, 0.15) is 0 Å². The van der Waals surface area contributed by atoms with Gasteiger partial charge in [-0.2, -0.15) is 5.10 Å². The first-order chi connectivity index (χ1) is 10.7. The molecule has 0 spiro atoms. The van der Waals surface area contributed by atoms with E-state index in [1.165, 1.54) is 5.56 Å². The quantitative estimate of drug-likeness (QED) is 0.802. The summed E-state index contributed by atoms with van der Waals surface area (Å²) in [5, 5.41) is 10.3. The summed E-state index contributed by atoms with van der Waals surface area (Å²) in [7, 11) is 1.83. The zero-order valence-electron chi connectivity index (χ0n) is 12.2. The normalized spacial score (nSPS) is 17.3. The lowest BCUT2D eigenvalue weighted by Gasteiger charge is -2.23. The zero-order chi connectivity index (χ0) is 15.5. The first-order valence-electron chi connectivity index (χ1n) is 7.08. The number of hydrogen-bond donors (Lipinski definition) is 1. The highest BCUT2D eigenvalue weighted by atomic mass is 79.9. The Bertz CT molecular complexity index is 715. The third-order valence-electron chi connectivity index (χ3n) is 3.67. The lowest BCUT2D eigenvalue weighted by atomic mass is 9.99. The molecular formula is C17H16BrN3S. The van der Waals surface area contributed by atoms with Crippen molar-refractivity contribution in [1.29, 1.82) is 0 Å². The molecule has 0 saturated heterocycles. The molecule has 1 aliphatic heterocycles. The molecule has 5 heteroatoms. The molecule has 1 aliphatic rings. The van der Waals surface area contributed by atoms with Crippen molar-refractivity contribution in [3.05, 3.63) is 70.2 Å². The number of hydrogen-bond acceptors (Lipinski definition) is 2. The Balaban J connectivity index is 1.96. The number of hydrazone groups is 1. The van der Waals surface area contributed by atoms with Crippen molar-refractivity contribution in [2.24, 2.45) is 5.10 Å². The van der Waals surface area contributed by atoms with Crippen LogP contribution in [0.1, 0.15) is 23.6 Å². The molecule has 0 bridgehead atoms. The summed E-state index contributed by atoms with van der Waals surface area (Å²) < 4.78 is 1.05. The first-order valence-corrected chi connectivity index (χ1v) is 8.28. The minimum Gasteiger partial charge on any atom is -0.364 e. The summed E-state index contributed by atoms with van der Waals surface area (Å²) in [5.74, 6) is 0. The second-order valence-corrected chi connectivity index (χ2v) is 6.39. The van der Waals surface area contributed by atoms with Gasteiger partial charge in [-0.05, 0) is 35.5 Å². The predicted molar refractivity (Wildman–Crippen MR) is 98.0 cm³/mol. The van der Waals surface area contributed by atoms with Gasteiger partial charge in [0.2, 0.25) is 0 Å². The minimum absolute atomic E-state index is 0.134. The summed E-state index contributed by atoms with van der Waals surface area (Å²) >= 11 is 8.94. The van der Waals surface area contributed by atoms with E-state index in [9.17, 15) is 0 Å². The maximum Gasteiger partial charge on any atom is 0.189 e. The Kier molecular flexibility index (Phi) is 4.55. The smallest absolute Gasteiger partial charge is 0.189 e. The van der Waals surface area contributed by atoms with Crippen LogP contribution < -0.4 is 5.32 Å². The molecule has 0 amide bonds. The summed E-state index contributed by atoms with van der Waals surface area (Å²) in [6.45, 7) is 0. The van der Waals surface area contributed by atoms with Crippen LogP contribution in [0.3, 0.4) is 0 Å². The van der Waals surface area contributed by atoms with Crippen molar-refractivity contribution in [3.8, 4) is 0 Å². The van der Waals surface area contributed by atoms with Crippen molar-refractivity contribution in [3.63, 3.8) is 0 Å². The Labute approximate surface area is 144 Å². The summed E-state index contributed by atoms with van der Waals surface area (Å²) in [6, 6.07) is 18.7. The highest BCUT2D eigenvalue weighted by Gasteiger charge is 2.30. The number of benzene rings is 2. The topological polar surface area (TPSA) is 27.6 Å². The molecule has 0 radical (unpaired) electrons. The van der Waals surface area contributed by atoms with Crippen LogP contribution in [0.2, 0.25) is 0 Å². The third-order valence-corrected chi connectivity index (χ3v) is 4.56. The molecule has 3 rings (SSSR count). The van der Waals surface area contributed by atoms with Crippen LogP contribution in [-0.4, -0.2) is 22.9 Å². The van der Waals surface area contributed by atoms with E-state index in [4.69, 9.17) is 17.3 Å². The number of halogens is 1. The predicted octanol–water partition coefficient (Wildman–Crippen LogP) is 4.10. The Morgan fingerprint density at radius 2 is 2.00 bits per heavy atom. The largest absolute Gasteiger partial charge is 0.364 e. The van der Waals surface area contributed by atoms with Crippen LogP contribution in [0.5, 0.6) is 0 Å². The maximum atomic E-state index is 5.42. The van der Waals surface area contributed by atoms with E-state index in [0.29, 0.717) is 5.11 Å². The van der Waals surface area contributed by atoms with E-state index in [2.05, 4.69) is 45.5 Å². The fourth-order valence-electron chi connectivity index (χ4n) is 2.59. The van der Waals surface area contributed by atoms with Gasteiger partial charge in [0.25, 0.3) is 0 Å². The number of thiocarbonyl (C=S) groups is 1. The first kappa shape index (κ1) is 15.2. The summed E-state index contributed by atoms with van der Waals surface area (Å²) in [5.41, 5.74) is 3.39. The Morgan fingerprint density at radius 1 is 1.23 bits per heavy atom. The fourth-order valence-corrected chi connectivity index (χ4v) is 3.16. The second kappa shape index (κ2) is 6.58. The maximum absolute atomic E-state index is 5.42. The highest BCUT2D eigenvalue weighted by Crippen LogP contribution is 2.33. The van der Waals surface area contributed by atoms with Crippen LogP contribution in [0.25, 0.3) is 0 Å². The number of nitrogens with zero attached hydrogens (tertiary/aromatic N) is 2. The van der Waals surface area contributed by atoms with E-state index < -0.39 is 0 Å². The van der Waals surface area contributed by atoms with Crippen LogP contribution in [0.15, 0.2) is 64.2 Å². The number of nitrogens with one attached hydrogen (secondary N) is 1. The van der Waals surface area contributed by atoms with Crippen molar-refractivity contribution in [2.45, 2.75) is 12.5 Å². The van der Waals surface area contributed by atoms with Crippen molar-refractivity contribution >= 4 is 39.0 Å². The Morgan fingerprint density at radius 3 is 2.68 bits per heavy atom. The van der Waals surface area contributed by atoms with E-state index in [-0.39, 0.29) is 6.04 Å². The van der Waals surface area contributed by atoms with Gasteiger partial charge in [0, 0.05) is 17.9 Å². The average Bonchev–Trinajstić information content (AvgIpc) is 3.00. The molecule has 0 aromatic heterocycles. The van der Waals surface area contributed by atoms with Gasteiger partial charge >= 0.3 is 0 Å². The summed E-state index contributed by atoms with van der Waals surface area (Å²) in [4.78, 5) is 0. The molecule has 0 saturated carbocycles. The molecule has 112 valence electrons. The van der Waals surface area contributed by atoms with E-state index in [1.807, 2.05) is 42.4 Å². The molecule has 0 fully saturated rings. The van der Waals surface area contributed by atoms with Gasteiger partial charge in [0.15, 0.2) is 5.11 Å². The monoisotopic (exact) mass is 373 g/mol. The van der Waals surface area contributed by atoms with Crippen LogP contribution >= 0.6 is 28.1 Å². The highest BCUT2D eigenvalue weighted by molar-refractivity contribution is 9.10. The van der Waals surface area contributed by atoms with Crippen molar-refractivity contribution < 1.29 is 0 Å². The summed E-state index contributed by atoms with van der Waals surface area (Å²) in [6.07, 6.45) is 0.836. The van der Waals surface area contributed by atoms with Gasteiger partial charge in [-0.3, -0.25) is 0 Å². The standard InChI is InChI=1S/C17H16BrN3S/c1-19-17(22)21-16(12-6-3-2-4-7-12)11-15(20-21)13-8-5-9-14(18)10-13/h2-10,16H,11H2,1H3,(H,19,22)/t16-/m1/s1. The molecular weight excluding hydrogens is 358 g/mol. The SMILES string of the molecule is CNC(=S)N1N=C(c2cccc(Br)c2)C[C@@H]1c1ccccc1. The van der Waals surface area contributed by atoms with Crippen molar-refractivity contribution in [2.75, 3.05) is 7.05 Å². The molecule has 1 heterocycles. The average molecular weight is 374 g/mol. The number of rotatable bonds is 2. The van der Waals surface area contributed by atoms with Crippen LogP contribution in [0.4, 0.5) is 0 Å². The Hall–Kier alpha value is -1.72. The van der Waals surface area contributed by atoms with Crippen molar-refractivity contribution in [1.82, 2.24) is 10.3 Å². The van der Waals surface area contributed by atoms with Gasteiger partial charge in [-0.25, -0.2) is 5.01 Å². The molecule has 1 atom stereocenters. The molecule has 2 aromatic carbocycles. The fraction of sp³-hybridized carbons (Fsp3) is 0.176. The molecule has 0 unspecified atom stereocenters. The van der Waals surface area contributed by atoms with Gasteiger partial charge in [0.05, 0.1) is 11.8 Å². The van der Waals surface area contributed by atoms with Crippen LogP contribution in [0, 0.1) is 0 Å². The second-order valence-electron chi connectivity index (χ2n) is 5.09. The molecule has 1 N–H and O–H groups in total. The molecule has 3 nitrogen and oxygen atoms in total. The molecule has 2 aromatic rings. The van der Waals surface area contributed by atoms with Gasteiger partial charge in [-0.1, -0.05) is 58.4 Å². The minimum atomic E-state index is 0.134. The van der Waals surface area contributed by atoms with Gasteiger partial charge < -0.3 is 5.32 Å². The van der Waals surface area contributed by atoms with E-state index in [1.54, 1.807) is 0 Å². The third kappa shape index (κ3) is 3.05. The molecule has 0 aliphatic carbocycles. The lowest BCUT2D eigenvalue weighted by molar-refractivity contribution is 0.367. The molecule has 22 heavy (non-hydrogen) atoms. The zero-order valence-corrected chi connectivity index (χ0v) is 14.6.